The Labute approximate surface area is 256 Å². The fourth-order valence-electron chi connectivity index (χ4n) is 3.59. The highest BCUT2D eigenvalue weighted by Crippen LogP contribution is 2.26. The van der Waals surface area contributed by atoms with Crippen molar-refractivity contribution in [3.8, 4) is 11.5 Å². The van der Waals surface area contributed by atoms with Gasteiger partial charge in [0.1, 0.15) is 34.8 Å². The highest BCUT2D eigenvalue weighted by Gasteiger charge is 2.23. The fraction of sp³-hybridized carbons (Fsp3) is 0.214. The Balaban J connectivity index is 0.000000241. The van der Waals surface area contributed by atoms with Gasteiger partial charge in [0.25, 0.3) is 0 Å². The third-order valence-corrected chi connectivity index (χ3v) is 8.08. The molecule has 0 spiro atoms. The number of halogens is 2. The molecule has 0 fully saturated rings. The molecule has 0 bridgehead atoms. The van der Waals surface area contributed by atoms with Crippen molar-refractivity contribution in [2.45, 2.75) is 24.2 Å². The lowest BCUT2D eigenvalue weighted by molar-refractivity contribution is 0.102. The molecule has 44 heavy (non-hydrogen) atoms. The molecule has 232 valence electrons. The first-order valence-corrected chi connectivity index (χ1v) is 15.4. The van der Waals surface area contributed by atoms with E-state index in [9.17, 15) is 26.8 Å². The first kappa shape index (κ1) is 33.8. The standard InChI is InChI=1S/C14H14FN3O4S.C14H14FN3O2S/c1-3-23(20,21)14-17-7-10(13(16)18-14)12(19)9-6-8(15)4-5-11(9)22-2;1-3-21-14-17-7-10(13(16)18-14)12(19)9-6-8(15)4-5-11(9)20-2/h4-7H,3H2,1-2H3,(H2,16,17,18);4-7H,3H2,1-2H3,(H2,16,17,18). The molecule has 12 nitrogen and oxygen atoms in total. The predicted octanol–water partition coefficient (Wildman–Crippen LogP) is 3.78. The number of ether oxygens (including phenoxy) is 2. The number of nitrogens with two attached hydrogens (primary N) is 2. The molecule has 0 unspecified atom stereocenters. The number of benzene rings is 2. The van der Waals surface area contributed by atoms with E-state index in [1.165, 1.54) is 57.3 Å². The third kappa shape index (κ3) is 7.82. The van der Waals surface area contributed by atoms with Crippen molar-refractivity contribution in [1.29, 1.82) is 0 Å². The van der Waals surface area contributed by atoms with Gasteiger partial charge in [-0.3, -0.25) is 9.59 Å². The molecule has 2 heterocycles. The second-order valence-electron chi connectivity index (χ2n) is 8.59. The molecule has 4 aromatic rings. The van der Waals surface area contributed by atoms with E-state index in [2.05, 4.69) is 19.9 Å². The minimum absolute atomic E-state index is 0.0612. The largest absolute Gasteiger partial charge is 0.496 e. The number of nitrogens with zero attached hydrogens (tertiary/aromatic N) is 4. The summed E-state index contributed by atoms with van der Waals surface area (Å²) in [6, 6.07) is 7.16. The summed E-state index contributed by atoms with van der Waals surface area (Å²) >= 11 is 1.42. The van der Waals surface area contributed by atoms with Gasteiger partial charge in [0.15, 0.2) is 5.16 Å². The van der Waals surface area contributed by atoms with Gasteiger partial charge in [0.2, 0.25) is 26.6 Å². The first-order chi connectivity index (χ1) is 20.9. The van der Waals surface area contributed by atoms with E-state index in [1.807, 2.05) is 6.92 Å². The van der Waals surface area contributed by atoms with E-state index >= 15 is 0 Å². The molecule has 0 saturated carbocycles. The molecule has 4 rings (SSSR count). The van der Waals surface area contributed by atoms with Crippen molar-refractivity contribution >= 4 is 44.8 Å². The van der Waals surface area contributed by atoms with Crippen molar-refractivity contribution in [2.75, 3.05) is 37.2 Å². The van der Waals surface area contributed by atoms with Crippen LogP contribution in [0.5, 0.6) is 11.5 Å². The number of hydrogen-bond acceptors (Lipinski definition) is 13. The van der Waals surface area contributed by atoms with Crippen LogP contribution in [0.25, 0.3) is 0 Å². The fourth-order valence-corrected chi connectivity index (χ4v) is 4.85. The number of carbonyl (C=O) groups is 2. The summed E-state index contributed by atoms with van der Waals surface area (Å²) in [5, 5.41) is 0.0398. The lowest BCUT2D eigenvalue weighted by atomic mass is 10.0. The van der Waals surface area contributed by atoms with Crippen LogP contribution in [0, 0.1) is 11.6 Å². The Morgan fingerprint density at radius 1 is 0.795 bits per heavy atom. The Morgan fingerprint density at radius 3 is 1.68 bits per heavy atom. The summed E-state index contributed by atoms with van der Waals surface area (Å²) in [4.78, 5) is 40.4. The molecule has 4 N–H and O–H groups in total. The van der Waals surface area contributed by atoms with Gasteiger partial charge < -0.3 is 20.9 Å². The van der Waals surface area contributed by atoms with Crippen LogP contribution >= 0.6 is 11.8 Å². The summed E-state index contributed by atoms with van der Waals surface area (Å²) in [6.07, 6.45) is 2.37. The summed E-state index contributed by atoms with van der Waals surface area (Å²) in [7, 11) is -0.904. The van der Waals surface area contributed by atoms with E-state index in [-0.39, 0.29) is 51.1 Å². The van der Waals surface area contributed by atoms with Gasteiger partial charge in [-0.15, -0.1) is 0 Å². The maximum absolute atomic E-state index is 13.4. The molecule has 0 aliphatic rings. The maximum atomic E-state index is 13.4. The van der Waals surface area contributed by atoms with Gasteiger partial charge in [-0.1, -0.05) is 25.6 Å². The van der Waals surface area contributed by atoms with Gasteiger partial charge in [-0.2, -0.15) is 0 Å². The number of rotatable bonds is 10. The molecular weight excluding hydrogens is 618 g/mol. The summed E-state index contributed by atoms with van der Waals surface area (Å²) < 4.78 is 60.2. The number of nitrogen functional groups attached to an aromatic ring is 2. The Bertz CT molecular complexity index is 1810. The van der Waals surface area contributed by atoms with E-state index in [1.54, 1.807) is 0 Å². The normalized spacial score (nSPS) is 10.9. The summed E-state index contributed by atoms with van der Waals surface area (Å²) in [5.41, 5.74) is 11.5. The molecule has 0 radical (unpaired) electrons. The molecule has 2 aromatic heterocycles. The highest BCUT2D eigenvalue weighted by molar-refractivity contribution is 7.99. The average molecular weight is 647 g/mol. The number of thioether (sulfide) groups is 1. The van der Waals surface area contributed by atoms with Crippen molar-refractivity contribution in [3.05, 3.63) is 82.7 Å². The van der Waals surface area contributed by atoms with Crippen molar-refractivity contribution < 1.29 is 36.3 Å². The van der Waals surface area contributed by atoms with Crippen LogP contribution in [0.1, 0.15) is 45.7 Å². The summed E-state index contributed by atoms with van der Waals surface area (Å²) in [5.74, 6) is -1.51. The van der Waals surface area contributed by atoms with E-state index in [4.69, 9.17) is 20.9 Å². The molecule has 2 aromatic carbocycles. The minimum atomic E-state index is -3.65. The zero-order chi connectivity index (χ0) is 32.6. The molecule has 0 aliphatic heterocycles. The highest BCUT2D eigenvalue weighted by atomic mass is 32.2. The van der Waals surface area contributed by atoms with Crippen molar-refractivity contribution in [1.82, 2.24) is 19.9 Å². The topological polar surface area (TPSA) is 190 Å². The second-order valence-corrected chi connectivity index (χ2v) is 12.0. The Kier molecular flexibility index (Phi) is 11.3. The maximum Gasteiger partial charge on any atom is 0.249 e. The van der Waals surface area contributed by atoms with Gasteiger partial charge in [-0.25, -0.2) is 37.1 Å². The van der Waals surface area contributed by atoms with Crippen molar-refractivity contribution in [3.63, 3.8) is 0 Å². The zero-order valence-electron chi connectivity index (χ0n) is 24.0. The van der Waals surface area contributed by atoms with Gasteiger partial charge in [-0.05, 0) is 42.2 Å². The van der Waals surface area contributed by atoms with Gasteiger partial charge in [0.05, 0.1) is 42.2 Å². The second kappa shape index (κ2) is 14.7. The number of aromatic nitrogens is 4. The predicted molar refractivity (Wildman–Crippen MR) is 160 cm³/mol. The van der Waals surface area contributed by atoms with Crippen LogP contribution in [-0.2, 0) is 9.84 Å². The van der Waals surface area contributed by atoms with Crippen LogP contribution < -0.4 is 20.9 Å². The SMILES string of the molecule is CCS(=O)(=O)c1ncc(C(=O)c2cc(F)ccc2OC)c(N)n1.CCSc1ncc(C(=O)c2cc(F)ccc2OC)c(N)n1. The monoisotopic (exact) mass is 646 g/mol. The molecular formula is C28H28F2N6O6S2. The zero-order valence-corrected chi connectivity index (χ0v) is 25.6. The number of carbonyl (C=O) groups excluding carboxylic acids is 2. The first-order valence-electron chi connectivity index (χ1n) is 12.7. The number of anilines is 2. The number of ketones is 2. The molecule has 0 saturated heterocycles. The lowest BCUT2D eigenvalue weighted by Crippen LogP contribution is -2.14. The molecule has 16 heteroatoms. The quantitative estimate of drug-likeness (QED) is 0.144. The average Bonchev–Trinajstić information content (AvgIpc) is 3.01. The smallest absolute Gasteiger partial charge is 0.249 e. The van der Waals surface area contributed by atoms with Crippen LogP contribution in [0.2, 0.25) is 0 Å². The van der Waals surface area contributed by atoms with E-state index < -0.39 is 38.2 Å². The number of hydrogen-bond donors (Lipinski definition) is 2. The summed E-state index contributed by atoms with van der Waals surface area (Å²) in [6.45, 7) is 3.40. The van der Waals surface area contributed by atoms with Crippen molar-refractivity contribution in [2.24, 2.45) is 0 Å². The lowest BCUT2D eigenvalue weighted by Gasteiger charge is -2.09. The van der Waals surface area contributed by atoms with Crippen LogP contribution in [-0.4, -0.2) is 65.6 Å². The molecule has 0 atom stereocenters. The third-order valence-electron chi connectivity index (χ3n) is 5.83. The molecule has 0 aliphatic carbocycles. The Morgan fingerprint density at radius 2 is 1.27 bits per heavy atom. The van der Waals surface area contributed by atoms with E-state index in [0.717, 1.165) is 30.1 Å². The number of methoxy groups -OCH3 is 2. The van der Waals surface area contributed by atoms with Crippen LogP contribution in [0.15, 0.2) is 59.1 Å². The van der Waals surface area contributed by atoms with E-state index in [0.29, 0.717) is 5.16 Å². The number of sulfone groups is 1. The molecule has 0 amide bonds. The van der Waals surface area contributed by atoms with Crippen LogP contribution in [0.4, 0.5) is 20.4 Å². The minimum Gasteiger partial charge on any atom is -0.496 e. The Hall–Kier alpha value is -4.70. The van der Waals surface area contributed by atoms with Gasteiger partial charge >= 0.3 is 0 Å². The van der Waals surface area contributed by atoms with Gasteiger partial charge in [0, 0.05) is 12.4 Å². The van der Waals surface area contributed by atoms with Crippen LogP contribution in [0.3, 0.4) is 0 Å².